The fourth-order valence-corrected chi connectivity index (χ4v) is 1.30. The highest BCUT2D eigenvalue weighted by atomic mass is 15.4. The van der Waals surface area contributed by atoms with Crippen LogP contribution in [0.1, 0.15) is 39.0 Å². The number of nitrogens with two attached hydrogens (primary N) is 1. The second-order valence-corrected chi connectivity index (χ2v) is 3.32. The number of unbranched alkanes of at least 4 members (excludes halogenated alkanes) is 4. The average Bonchev–Trinajstić information content (AvgIpc) is 2.51. The van der Waals surface area contributed by atoms with Gasteiger partial charge in [0.1, 0.15) is 0 Å². The lowest BCUT2D eigenvalue weighted by atomic mass is 10.1. The highest BCUT2D eigenvalue weighted by Gasteiger charge is 1.95. The van der Waals surface area contributed by atoms with E-state index in [0.29, 0.717) is 5.82 Å². The van der Waals surface area contributed by atoms with Gasteiger partial charge in [-0.1, -0.05) is 37.8 Å². The number of aromatic nitrogens is 3. The lowest BCUT2D eigenvalue weighted by Gasteiger charge is -1.99. The molecule has 0 amide bonds. The van der Waals surface area contributed by atoms with E-state index in [1.54, 1.807) is 10.9 Å². The van der Waals surface area contributed by atoms with Crippen LogP contribution in [0.4, 0.5) is 5.82 Å². The summed E-state index contributed by atoms with van der Waals surface area (Å²) in [5.41, 5.74) is 5.44. The first-order valence-electron chi connectivity index (χ1n) is 4.98. The molecule has 1 aromatic heterocycles. The Bertz CT molecular complexity index is 231. The third-order valence-electron chi connectivity index (χ3n) is 2.05. The number of hydrogen-bond acceptors (Lipinski definition) is 3. The smallest absolute Gasteiger partial charge is 0.165 e. The van der Waals surface area contributed by atoms with Gasteiger partial charge in [0, 0.05) is 6.54 Å². The van der Waals surface area contributed by atoms with Gasteiger partial charge < -0.3 is 5.73 Å². The first kappa shape index (κ1) is 10.0. The minimum absolute atomic E-state index is 0.508. The Labute approximate surface area is 79.1 Å². The summed E-state index contributed by atoms with van der Waals surface area (Å²) < 4.78 is 1.81. The van der Waals surface area contributed by atoms with Gasteiger partial charge in [-0.05, 0) is 6.42 Å². The van der Waals surface area contributed by atoms with E-state index in [4.69, 9.17) is 5.73 Å². The van der Waals surface area contributed by atoms with Crippen LogP contribution < -0.4 is 5.73 Å². The van der Waals surface area contributed by atoms with Crippen molar-refractivity contribution in [2.24, 2.45) is 0 Å². The van der Waals surface area contributed by atoms with Gasteiger partial charge in [-0.2, -0.15) is 0 Å². The molecule has 0 saturated heterocycles. The highest BCUT2D eigenvalue weighted by molar-refractivity contribution is 5.19. The number of nitrogens with zero attached hydrogens (tertiary/aromatic N) is 3. The van der Waals surface area contributed by atoms with Crippen LogP contribution in [0.15, 0.2) is 6.20 Å². The van der Waals surface area contributed by atoms with E-state index in [1.165, 1.54) is 32.1 Å². The molecule has 1 heterocycles. The van der Waals surface area contributed by atoms with Crippen molar-refractivity contribution in [3.8, 4) is 0 Å². The minimum atomic E-state index is 0.508. The monoisotopic (exact) mass is 182 g/mol. The van der Waals surface area contributed by atoms with E-state index in [0.717, 1.165) is 6.54 Å². The maximum absolute atomic E-state index is 5.44. The Kier molecular flexibility index (Phi) is 4.29. The molecule has 0 radical (unpaired) electrons. The van der Waals surface area contributed by atoms with Crippen molar-refractivity contribution in [3.63, 3.8) is 0 Å². The van der Waals surface area contributed by atoms with Crippen LogP contribution in [0.5, 0.6) is 0 Å². The summed E-state index contributed by atoms with van der Waals surface area (Å²) in [5, 5.41) is 7.60. The van der Waals surface area contributed by atoms with E-state index in [2.05, 4.69) is 17.2 Å². The molecule has 4 nitrogen and oxygen atoms in total. The van der Waals surface area contributed by atoms with Gasteiger partial charge in [0.05, 0.1) is 6.20 Å². The maximum Gasteiger partial charge on any atom is 0.165 e. The largest absolute Gasteiger partial charge is 0.381 e. The van der Waals surface area contributed by atoms with Crippen molar-refractivity contribution in [1.29, 1.82) is 0 Å². The summed E-state index contributed by atoms with van der Waals surface area (Å²) in [5.74, 6) is 0.508. The summed E-state index contributed by atoms with van der Waals surface area (Å²) >= 11 is 0. The molecule has 1 rings (SSSR count). The summed E-state index contributed by atoms with van der Waals surface area (Å²) in [7, 11) is 0. The van der Waals surface area contributed by atoms with Crippen molar-refractivity contribution >= 4 is 5.82 Å². The zero-order valence-corrected chi connectivity index (χ0v) is 8.24. The first-order valence-corrected chi connectivity index (χ1v) is 4.98. The predicted molar refractivity (Wildman–Crippen MR) is 53.2 cm³/mol. The number of aryl methyl sites for hydroxylation is 1. The van der Waals surface area contributed by atoms with Crippen molar-refractivity contribution < 1.29 is 0 Å². The number of nitrogen functional groups attached to an aromatic ring is 1. The number of anilines is 1. The molecular weight excluding hydrogens is 164 g/mol. The second kappa shape index (κ2) is 5.56. The van der Waals surface area contributed by atoms with E-state index in [1.807, 2.05) is 0 Å². The molecule has 13 heavy (non-hydrogen) atoms. The number of rotatable bonds is 6. The normalized spacial score (nSPS) is 10.5. The van der Waals surface area contributed by atoms with Gasteiger partial charge in [-0.3, -0.25) is 4.68 Å². The van der Waals surface area contributed by atoms with Gasteiger partial charge in [-0.15, -0.1) is 5.10 Å². The number of hydrogen-bond donors (Lipinski definition) is 1. The van der Waals surface area contributed by atoms with Crippen LogP contribution in [0.25, 0.3) is 0 Å². The molecule has 0 aromatic carbocycles. The maximum atomic E-state index is 5.44. The summed E-state index contributed by atoms with van der Waals surface area (Å²) in [6.45, 7) is 3.16. The van der Waals surface area contributed by atoms with Crippen molar-refractivity contribution in [2.75, 3.05) is 5.73 Å². The quantitative estimate of drug-likeness (QED) is 0.683. The summed E-state index contributed by atoms with van der Waals surface area (Å²) in [6.07, 6.45) is 8.16. The Balaban J connectivity index is 2.06. The zero-order valence-electron chi connectivity index (χ0n) is 8.24. The molecule has 0 aliphatic carbocycles. The molecular formula is C9H18N4. The van der Waals surface area contributed by atoms with Crippen molar-refractivity contribution in [1.82, 2.24) is 15.0 Å². The topological polar surface area (TPSA) is 56.7 Å². The van der Waals surface area contributed by atoms with Crippen LogP contribution >= 0.6 is 0 Å². The fraction of sp³-hybridized carbons (Fsp3) is 0.778. The van der Waals surface area contributed by atoms with Crippen molar-refractivity contribution in [2.45, 2.75) is 45.6 Å². The Morgan fingerprint density at radius 2 is 2.08 bits per heavy atom. The third-order valence-corrected chi connectivity index (χ3v) is 2.05. The van der Waals surface area contributed by atoms with Crippen LogP contribution in [-0.4, -0.2) is 15.0 Å². The molecule has 0 fully saturated rings. The van der Waals surface area contributed by atoms with Crippen LogP contribution in [0.2, 0.25) is 0 Å². The molecule has 0 unspecified atom stereocenters. The molecule has 1 aromatic rings. The molecule has 0 atom stereocenters. The molecule has 4 heteroatoms. The van der Waals surface area contributed by atoms with Crippen LogP contribution in [0, 0.1) is 0 Å². The van der Waals surface area contributed by atoms with Gasteiger partial charge in [-0.25, -0.2) is 0 Å². The molecule has 0 aliphatic heterocycles. The van der Waals surface area contributed by atoms with Crippen LogP contribution in [-0.2, 0) is 6.54 Å². The first-order chi connectivity index (χ1) is 6.33. The fourth-order valence-electron chi connectivity index (χ4n) is 1.30. The SMILES string of the molecule is CCCCCCCn1cc(N)nn1. The summed E-state index contributed by atoms with van der Waals surface area (Å²) in [6, 6.07) is 0. The Hall–Kier alpha value is -1.06. The standard InChI is InChI=1S/C9H18N4/c1-2-3-4-5-6-7-13-8-9(10)11-12-13/h8H,2-7,10H2,1H3. The van der Waals surface area contributed by atoms with Gasteiger partial charge in [0.25, 0.3) is 0 Å². The minimum Gasteiger partial charge on any atom is -0.381 e. The van der Waals surface area contributed by atoms with E-state index in [-0.39, 0.29) is 0 Å². The Morgan fingerprint density at radius 1 is 1.31 bits per heavy atom. The van der Waals surface area contributed by atoms with Gasteiger partial charge >= 0.3 is 0 Å². The third kappa shape index (κ3) is 3.92. The molecule has 2 N–H and O–H groups in total. The Morgan fingerprint density at radius 3 is 2.69 bits per heavy atom. The molecule has 0 spiro atoms. The molecule has 0 bridgehead atoms. The van der Waals surface area contributed by atoms with E-state index >= 15 is 0 Å². The molecule has 0 saturated carbocycles. The molecule has 0 aliphatic rings. The lowest BCUT2D eigenvalue weighted by molar-refractivity contribution is 0.521. The predicted octanol–water partition coefficient (Wildman–Crippen LogP) is 1.83. The second-order valence-electron chi connectivity index (χ2n) is 3.32. The molecule has 74 valence electrons. The van der Waals surface area contributed by atoms with Crippen molar-refractivity contribution in [3.05, 3.63) is 6.20 Å². The van der Waals surface area contributed by atoms with Gasteiger partial charge in [0.2, 0.25) is 0 Å². The van der Waals surface area contributed by atoms with E-state index in [9.17, 15) is 0 Å². The lowest BCUT2D eigenvalue weighted by Crippen LogP contribution is -1.98. The zero-order chi connectivity index (χ0) is 9.52. The van der Waals surface area contributed by atoms with E-state index < -0.39 is 0 Å². The van der Waals surface area contributed by atoms with Gasteiger partial charge in [0.15, 0.2) is 5.82 Å². The highest BCUT2D eigenvalue weighted by Crippen LogP contribution is 2.04. The summed E-state index contributed by atoms with van der Waals surface area (Å²) in [4.78, 5) is 0. The van der Waals surface area contributed by atoms with Crippen LogP contribution in [0.3, 0.4) is 0 Å². The average molecular weight is 182 g/mol.